The third-order valence-electron chi connectivity index (χ3n) is 4.75. The van der Waals surface area contributed by atoms with E-state index in [4.69, 9.17) is 5.73 Å². The molecule has 2 aromatic rings. The SMILES string of the molecule is Cc1cccnc1CN[C@@H]1CCN(c2nc(C(N)=O)nc(C)c2C)C1. The first kappa shape index (κ1) is 17.3. The van der Waals surface area contributed by atoms with Crippen LogP contribution in [0, 0.1) is 20.8 Å². The van der Waals surface area contributed by atoms with E-state index in [0.717, 1.165) is 48.8 Å². The quantitative estimate of drug-likeness (QED) is 0.851. The Morgan fingerprint density at radius 3 is 2.88 bits per heavy atom. The maximum absolute atomic E-state index is 11.4. The van der Waals surface area contributed by atoms with Gasteiger partial charge in [-0.3, -0.25) is 9.78 Å². The second kappa shape index (κ2) is 7.14. The highest BCUT2D eigenvalue weighted by molar-refractivity contribution is 5.89. The molecule has 132 valence electrons. The maximum atomic E-state index is 11.4. The molecule has 0 radical (unpaired) electrons. The number of hydrogen-bond acceptors (Lipinski definition) is 6. The van der Waals surface area contributed by atoms with Crippen molar-refractivity contribution in [2.24, 2.45) is 5.73 Å². The summed E-state index contributed by atoms with van der Waals surface area (Å²) in [6, 6.07) is 4.38. The summed E-state index contributed by atoms with van der Waals surface area (Å²) in [6.45, 7) is 8.40. The van der Waals surface area contributed by atoms with Crippen LogP contribution in [0.4, 0.5) is 5.82 Å². The molecule has 1 saturated heterocycles. The van der Waals surface area contributed by atoms with Gasteiger partial charge in [-0.1, -0.05) is 6.07 Å². The molecule has 7 nitrogen and oxygen atoms in total. The van der Waals surface area contributed by atoms with Crippen molar-refractivity contribution in [1.29, 1.82) is 0 Å². The van der Waals surface area contributed by atoms with Crippen molar-refractivity contribution in [2.75, 3.05) is 18.0 Å². The highest BCUT2D eigenvalue weighted by Crippen LogP contribution is 2.24. The zero-order valence-electron chi connectivity index (χ0n) is 14.9. The van der Waals surface area contributed by atoms with Gasteiger partial charge in [0.05, 0.1) is 5.69 Å². The van der Waals surface area contributed by atoms with Gasteiger partial charge >= 0.3 is 0 Å². The van der Waals surface area contributed by atoms with E-state index >= 15 is 0 Å². The molecule has 1 fully saturated rings. The maximum Gasteiger partial charge on any atom is 0.286 e. The molecule has 0 unspecified atom stereocenters. The topological polar surface area (TPSA) is 97.0 Å². The monoisotopic (exact) mass is 340 g/mol. The Balaban J connectivity index is 1.69. The van der Waals surface area contributed by atoms with Crippen LogP contribution in [0.15, 0.2) is 18.3 Å². The number of carbonyl (C=O) groups excluding carboxylic acids is 1. The Morgan fingerprint density at radius 1 is 1.36 bits per heavy atom. The Kier molecular flexibility index (Phi) is 4.94. The van der Waals surface area contributed by atoms with Gasteiger partial charge in [0.15, 0.2) is 0 Å². The number of carbonyl (C=O) groups is 1. The number of nitrogens with one attached hydrogen (secondary N) is 1. The molecule has 1 aliphatic rings. The molecule has 3 heterocycles. The average molecular weight is 340 g/mol. The molecule has 25 heavy (non-hydrogen) atoms. The molecule has 1 atom stereocenters. The zero-order chi connectivity index (χ0) is 18.0. The third kappa shape index (κ3) is 3.76. The van der Waals surface area contributed by atoms with Crippen molar-refractivity contribution in [3.8, 4) is 0 Å². The lowest BCUT2D eigenvalue weighted by Gasteiger charge is -2.21. The molecule has 3 N–H and O–H groups in total. The molecule has 1 amide bonds. The first-order chi connectivity index (χ1) is 12.0. The summed E-state index contributed by atoms with van der Waals surface area (Å²) in [5.74, 6) is 0.294. The summed E-state index contributed by atoms with van der Waals surface area (Å²) >= 11 is 0. The molecule has 2 aromatic heterocycles. The first-order valence-electron chi connectivity index (χ1n) is 8.49. The summed E-state index contributed by atoms with van der Waals surface area (Å²) in [5, 5.41) is 3.57. The van der Waals surface area contributed by atoms with Crippen LogP contribution in [0.5, 0.6) is 0 Å². The van der Waals surface area contributed by atoms with Crippen LogP contribution in [0.3, 0.4) is 0 Å². The Morgan fingerprint density at radius 2 is 2.16 bits per heavy atom. The van der Waals surface area contributed by atoms with E-state index in [1.54, 1.807) is 0 Å². The lowest BCUT2D eigenvalue weighted by Crippen LogP contribution is -2.33. The molecular weight excluding hydrogens is 316 g/mol. The standard InChI is InChI=1S/C18H24N6O/c1-11-5-4-7-20-15(11)9-21-14-6-8-24(10-14)18-12(2)13(3)22-17(23-18)16(19)25/h4-5,7,14,21H,6,8-10H2,1-3H3,(H2,19,25)/t14-/m1/s1. The fraction of sp³-hybridized carbons (Fsp3) is 0.444. The number of aromatic nitrogens is 3. The van der Waals surface area contributed by atoms with Crippen LogP contribution >= 0.6 is 0 Å². The predicted octanol–water partition coefficient (Wildman–Crippen LogP) is 1.26. The van der Waals surface area contributed by atoms with E-state index in [-0.39, 0.29) is 5.82 Å². The molecule has 0 aromatic carbocycles. The second-order valence-corrected chi connectivity index (χ2v) is 6.52. The van der Waals surface area contributed by atoms with Crippen molar-refractivity contribution in [3.05, 3.63) is 46.7 Å². The van der Waals surface area contributed by atoms with Crippen LogP contribution in [0.1, 0.15) is 39.6 Å². The zero-order valence-corrected chi connectivity index (χ0v) is 14.9. The fourth-order valence-electron chi connectivity index (χ4n) is 3.10. The molecule has 0 spiro atoms. The summed E-state index contributed by atoms with van der Waals surface area (Å²) < 4.78 is 0. The van der Waals surface area contributed by atoms with Crippen molar-refractivity contribution >= 4 is 11.7 Å². The number of rotatable bonds is 5. The lowest BCUT2D eigenvalue weighted by molar-refractivity contribution is 0.0990. The molecule has 1 aliphatic heterocycles. The summed E-state index contributed by atoms with van der Waals surface area (Å²) in [7, 11) is 0. The fourth-order valence-corrected chi connectivity index (χ4v) is 3.10. The minimum Gasteiger partial charge on any atom is -0.363 e. The van der Waals surface area contributed by atoms with Crippen molar-refractivity contribution < 1.29 is 4.79 Å². The van der Waals surface area contributed by atoms with Gasteiger partial charge < -0.3 is 16.0 Å². The van der Waals surface area contributed by atoms with Crippen LogP contribution in [-0.4, -0.2) is 40.0 Å². The number of amides is 1. The average Bonchev–Trinajstić information content (AvgIpc) is 3.05. The van der Waals surface area contributed by atoms with Gasteiger partial charge in [0, 0.05) is 43.1 Å². The van der Waals surface area contributed by atoms with Gasteiger partial charge in [0.25, 0.3) is 5.91 Å². The summed E-state index contributed by atoms with van der Waals surface area (Å²) in [6.07, 6.45) is 2.84. The smallest absolute Gasteiger partial charge is 0.286 e. The van der Waals surface area contributed by atoms with E-state index in [2.05, 4.69) is 38.2 Å². The number of nitrogens with zero attached hydrogens (tertiary/aromatic N) is 4. The number of hydrogen-bond donors (Lipinski definition) is 2. The number of nitrogens with two attached hydrogens (primary N) is 1. The van der Waals surface area contributed by atoms with Crippen LogP contribution in [0.2, 0.25) is 0 Å². The van der Waals surface area contributed by atoms with E-state index in [1.165, 1.54) is 5.56 Å². The van der Waals surface area contributed by atoms with E-state index < -0.39 is 5.91 Å². The third-order valence-corrected chi connectivity index (χ3v) is 4.75. The highest BCUT2D eigenvalue weighted by atomic mass is 16.1. The normalized spacial score (nSPS) is 17.1. The molecule has 7 heteroatoms. The molecule has 0 bridgehead atoms. The minimum atomic E-state index is -0.594. The van der Waals surface area contributed by atoms with Gasteiger partial charge in [-0.2, -0.15) is 0 Å². The highest BCUT2D eigenvalue weighted by Gasteiger charge is 2.26. The molecule has 0 saturated carbocycles. The Labute approximate surface area is 147 Å². The largest absolute Gasteiger partial charge is 0.363 e. The Hall–Kier alpha value is -2.54. The van der Waals surface area contributed by atoms with Gasteiger partial charge in [0.2, 0.25) is 5.82 Å². The molecule has 3 rings (SSSR count). The van der Waals surface area contributed by atoms with E-state index in [1.807, 2.05) is 26.1 Å². The number of anilines is 1. The van der Waals surface area contributed by atoms with Crippen LogP contribution in [0.25, 0.3) is 0 Å². The number of primary amides is 1. The Bertz CT molecular complexity index is 791. The van der Waals surface area contributed by atoms with Gasteiger partial charge in [0.1, 0.15) is 5.82 Å². The van der Waals surface area contributed by atoms with E-state index in [9.17, 15) is 4.79 Å². The van der Waals surface area contributed by atoms with Crippen molar-refractivity contribution in [3.63, 3.8) is 0 Å². The number of aryl methyl sites for hydroxylation is 2. The lowest BCUT2D eigenvalue weighted by atomic mass is 10.2. The van der Waals surface area contributed by atoms with Crippen LogP contribution in [-0.2, 0) is 6.54 Å². The predicted molar refractivity (Wildman–Crippen MR) is 96.5 cm³/mol. The van der Waals surface area contributed by atoms with Crippen molar-refractivity contribution in [2.45, 2.75) is 39.8 Å². The van der Waals surface area contributed by atoms with Crippen molar-refractivity contribution in [1.82, 2.24) is 20.3 Å². The first-order valence-corrected chi connectivity index (χ1v) is 8.49. The van der Waals surface area contributed by atoms with Gasteiger partial charge in [-0.15, -0.1) is 0 Å². The van der Waals surface area contributed by atoms with Gasteiger partial charge in [-0.05, 0) is 38.8 Å². The van der Waals surface area contributed by atoms with E-state index in [0.29, 0.717) is 6.04 Å². The minimum absolute atomic E-state index is 0.0821. The molecule has 0 aliphatic carbocycles. The summed E-state index contributed by atoms with van der Waals surface area (Å²) in [5.41, 5.74) is 9.40. The number of pyridine rings is 1. The van der Waals surface area contributed by atoms with Gasteiger partial charge in [-0.25, -0.2) is 9.97 Å². The summed E-state index contributed by atoms with van der Waals surface area (Å²) in [4.78, 5) is 26.6. The molecular formula is C18H24N6O. The second-order valence-electron chi connectivity index (χ2n) is 6.52. The van der Waals surface area contributed by atoms with Crippen LogP contribution < -0.4 is 16.0 Å².